The predicted molar refractivity (Wildman–Crippen MR) is 103 cm³/mol. The Balaban J connectivity index is 1.69. The molecule has 0 aliphatic carbocycles. The summed E-state index contributed by atoms with van der Waals surface area (Å²) in [4.78, 5) is 38.6. The topological polar surface area (TPSA) is 95.9 Å². The summed E-state index contributed by atoms with van der Waals surface area (Å²) in [7, 11) is 1.20. The molecule has 152 valence electrons. The molecule has 29 heavy (non-hydrogen) atoms. The smallest absolute Gasteiger partial charge is 0.341 e. The molecule has 0 radical (unpaired) electrons. The Bertz CT molecular complexity index is 929. The van der Waals surface area contributed by atoms with Crippen LogP contribution < -0.4 is 5.32 Å². The molecule has 1 aliphatic heterocycles. The number of rotatable bonds is 4. The maximum Gasteiger partial charge on any atom is 0.341 e. The highest BCUT2D eigenvalue weighted by atomic mass is 19.1. The molecule has 0 saturated carbocycles. The molecule has 1 atom stereocenters. The number of hydrogen-bond donors (Lipinski definition) is 2. The first-order valence-corrected chi connectivity index (χ1v) is 9.16. The van der Waals surface area contributed by atoms with E-state index in [0.717, 1.165) is 0 Å². The lowest BCUT2D eigenvalue weighted by atomic mass is 9.96. The van der Waals surface area contributed by atoms with Gasteiger partial charge in [0.1, 0.15) is 11.4 Å². The number of aromatic hydroxyl groups is 1. The summed E-state index contributed by atoms with van der Waals surface area (Å²) in [6, 6.07) is 9.66. The number of piperidine rings is 1. The molecule has 1 heterocycles. The Morgan fingerprint density at radius 2 is 1.90 bits per heavy atom. The van der Waals surface area contributed by atoms with E-state index in [-0.39, 0.29) is 35.4 Å². The van der Waals surface area contributed by atoms with Gasteiger partial charge in [-0.2, -0.15) is 0 Å². The highest BCUT2D eigenvalue weighted by Gasteiger charge is 2.29. The van der Waals surface area contributed by atoms with Crippen molar-refractivity contribution in [3.8, 4) is 5.75 Å². The fourth-order valence-electron chi connectivity index (χ4n) is 3.30. The van der Waals surface area contributed by atoms with Crippen molar-refractivity contribution in [3.63, 3.8) is 0 Å². The number of benzene rings is 2. The van der Waals surface area contributed by atoms with E-state index in [0.29, 0.717) is 24.9 Å². The minimum absolute atomic E-state index is 0.0536. The zero-order valence-electron chi connectivity index (χ0n) is 15.9. The first-order valence-electron chi connectivity index (χ1n) is 9.16. The number of nitrogens with zero attached hydrogens (tertiary/aromatic N) is 1. The molecule has 3 rings (SSSR count). The summed E-state index contributed by atoms with van der Waals surface area (Å²) in [5.74, 6) is -2.62. The van der Waals surface area contributed by atoms with Crippen molar-refractivity contribution >= 4 is 23.5 Å². The zero-order chi connectivity index (χ0) is 21.0. The number of anilines is 1. The lowest BCUT2D eigenvalue weighted by molar-refractivity contribution is -0.121. The van der Waals surface area contributed by atoms with Crippen LogP contribution in [-0.4, -0.2) is 48.0 Å². The lowest BCUT2D eigenvalue weighted by Gasteiger charge is -2.32. The quantitative estimate of drug-likeness (QED) is 0.608. The molecule has 2 aromatic rings. The highest BCUT2D eigenvalue weighted by molar-refractivity contribution is 6.00. The van der Waals surface area contributed by atoms with Crippen molar-refractivity contribution in [1.82, 2.24) is 4.90 Å². The van der Waals surface area contributed by atoms with Gasteiger partial charge in [0.25, 0.3) is 5.91 Å². The Kier molecular flexibility index (Phi) is 6.11. The third-order valence-electron chi connectivity index (χ3n) is 4.87. The van der Waals surface area contributed by atoms with E-state index < -0.39 is 17.7 Å². The number of carbonyl (C=O) groups is 3. The monoisotopic (exact) mass is 400 g/mol. The first-order chi connectivity index (χ1) is 13.9. The number of carbonyl (C=O) groups excluding carboxylic acids is 3. The third-order valence-corrected chi connectivity index (χ3v) is 4.87. The van der Waals surface area contributed by atoms with Crippen molar-refractivity contribution in [1.29, 1.82) is 0 Å². The molecule has 7 nitrogen and oxygen atoms in total. The number of likely N-dealkylation sites (tertiary alicyclic amines) is 1. The second kappa shape index (κ2) is 8.72. The molecular formula is C21H21FN2O5. The molecule has 2 aromatic carbocycles. The van der Waals surface area contributed by atoms with Crippen molar-refractivity contribution in [3.05, 3.63) is 59.4 Å². The standard InChI is InChI=1S/C21H21FN2O5/c1-29-21(28)16-5-2-6-17(18(16)25)23-19(26)14-4-3-11-24(12-14)20(27)13-7-9-15(22)10-8-13/h2,5-10,14,25H,3-4,11-12H2,1H3,(H,23,26). The van der Waals surface area contributed by atoms with Gasteiger partial charge in [-0.3, -0.25) is 9.59 Å². The van der Waals surface area contributed by atoms with Crippen molar-refractivity contribution in [2.75, 3.05) is 25.5 Å². The highest BCUT2D eigenvalue weighted by Crippen LogP contribution is 2.29. The van der Waals surface area contributed by atoms with Gasteiger partial charge in [0.05, 0.1) is 18.7 Å². The van der Waals surface area contributed by atoms with Crippen LogP contribution in [0.4, 0.5) is 10.1 Å². The third kappa shape index (κ3) is 4.53. The largest absolute Gasteiger partial charge is 0.505 e. The maximum atomic E-state index is 13.1. The number of nitrogens with one attached hydrogen (secondary N) is 1. The molecule has 2 N–H and O–H groups in total. The van der Waals surface area contributed by atoms with Crippen LogP contribution >= 0.6 is 0 Å². The van der Waals surface area contributed by atoms with Crippen LogP contribution in [-0.2, 0) is 9.53 Å². The second-order valence-corrected chi connectivity index (χ2v) is 6.78. The zero-order valence-corrected chi connectivity index (χ0v) is 15.9. The van der Waals surface area contributed by atoms with E-state index in [2.05, 4.69) is 10.1 Å². The van der Waals surface area contributed by atoms with Crippen molar-refractivity contribution < 1.29 is 28.6 Å². The summed E-state index contributed by atoms with van der Waals surface area (Å²) in [6.45, 7) is 0.711. The summed E-state index contributed by atoms with van der Waals surface area (Å²) in [5, 5.41) is 12.9. The van der Waals surface area contributed by atoms with E-state index in [1.54, 1.807) is 4.90 Å². The van der Waals surface area contributed by atoms with Gasteiger partial charge < -0.3 is 20.1 Å². The molecule has 1 aliphatic rings. The van der Waals surface area contributed by atoms with Crippen LogP contribution in [0.1, 0.15) is 33.6 Å². The molecule has 0 spiro atoms. The number of hydrogen-bond acceptors (Lipinski definition) is 5. The Hall–Kier alpha value is -3.42. The van der Waals surface area contributed by atoms with Crippen LogP contribution in [0.2, 0.25) is 0 Å². The molecular weight excluding hydrogens is 379 g/mol. The normalized spacial score (nSPS) is 16.2. The van der Waals surface area contributed by atoms with Crippen LogP contribution in [0.3, 0.4) is 0 Å². The van der Waals surface area contributed by atoms with Crippen LogP contribution in [0.15, 0.2) is 42.5 Å². The number of methoxy groups -OCH3 is 1. The van der Waals surface area contributed by atoms with Gasteiger partial charge in [0.2, 0.25) is 5.91 Å². The number of phenolic OH excluding ortho intramolecular Hbond substituents is 1. The minimum atomic E-state index is -0.715. The fraction of sp³-hybridized carbons (Fsp3) is 0.286. The van der Waals surface area contributed by atoms with Crippen molar-refractivity contribution in [2.24, 2.45) is 5.92 Å². The summed E-state index contributed by atoms with van der Waals surface area (Å²) in [6.07, 6.45) is 1.22. The number of halogens is 1. The number of ether oxygens (including phenoxy) is 1. The van der Waals surface area contributed by atoms with Crippen LogP contribution in [0, 0.1) is 11.7 Å². The fourth-order valence-corrected chi connectivity index (χ4v) is 3.30. The van der Waals surface area contributed by atoms with E-state index in [1.807, 2.05) is 0 Å². The Morgan fingerprint density at radius 1 is 1.17 bits per heavy atom. The van der Waals surface area contributed by atoms with Crippen LogP contribution in [0.25, 0.3) is 0 Å². The molecule has 0 aromatic heterocycles. The molecule has 1 saturated heterocycles. The molecule has 0 bridgehead atoms. The summed E-state index contributed by atoms with van der Waals surface area (Å²) >= 11 is 0. The predicted octanol–water partition coefficient (Wildman–Crippen LogP) is 2.81. The van der Waals surface area contributed by atoms with E-state index in [4.69, 9.17) is 0 Å². The molecule has 1 unspecified atom stereocenters. The number of esters is 1. The van der Waals surface area contributed by atoms with Gasteiger partial charge in [-0.1, -0.05) is 6.07 Å². The second-order valence-electron chi connectivity index (χ2n) is 6.78. The average molecular weight is 400 g/mol. The lowest BCUT2D eigenvalue weighted by Crippen LogP contribution is -2.43. The molecule has 1 fully saturated rings. The van der Waals surface area contributed by atoms with E-state index in [1.165, 1.54) is 49.6 Å². The SMILES string of the molecule is COC(=O)c1cccc(NC(=O)C2CCCN(C(=O)c3ccc(F)cc3)C2)c1O. The Morgan fingerprint density at radius 3 is 2.59 bits per heavy atom. The summed E-state index contributed by atoms with van der Waals surface area (Å²) in [5.41, 5.74) is 0.401. The van der Waals surface area contributed by atoms with Gasteiger partial charge in [-0.15, -0.1) is 0 Å². The number of phenols is 1. The molecule has 2 amide bonds. The van der Waals surface area contributed by atoms with E-state index in [9.17, 15) is 23.9 Å². The number of para-hydroxylation sites is 1. The molecule has 8 heteroatoms. The van der Waals surface area contributed by atoms with Gasteiger partial charge in [-0.05, 0) is 49.2 Å². The number of amides is 2. The van der Waals surface area contributed by atoms with Crippen molar-refractivity contribution in [2.45, 2.75) is 12.8 Å². The van der Waals surface area contributed by atoms with E-state index >= 15 is 0 Å². The van der Waals surface area contributed by atoms with Gasteiger partial charge in [0, 0.05) is 18.7 Å². The maximum absolute atomic E-state index is 13.1. The minimum Gasteiger partial charge on any atom is -0.505 e. The summed E-state index contributed by atoms with van der Waals surface area (Å²) < 4.78 is 17.7. The van der Waals surface area contributed by atoms with Crippen LogP contribution in [0.5, 0.6) is 5.75 Å². The van der Waals surface area contributed by atoms with Gasteiger partial charge in [0.15, 0.2) is 5.75 Å². The Labute approximate surface area is 167 Å². The first kappa shape index (κ1) is 20.3. The average Bonchev–Trinajstić information content (AvgIpc) is 2.74. The van der Waals surface area contributed by atoms with Gasteiger partial charge in [-0.25, -0.2) is 9.18 Å². The van der Waals surface area contributed by atoms with Gasteiger partial charge >= 0.3 is 5.97 Å².